The van der Waals surface area contributed by atoms with Gasteiger partial charge in [0.05, 0.1) is 18.2 Å². The Morgan fingerprint density at radius 1 is 1.29 bits per heavy atom. The molecule has 1 aromatic carbocycles. The summed E-state index contributed by atoms with van der Waals surface area (Å²) in [5.41, 5.74) is 1.54. The van der Waals surface area contributed by atoms with E-state index in [-0.39, 0.29) is 17.5 Å². The maximum atomic E-state index is 11.6. The van der Waals surface area contributed by atoms with Crippen LogP contribution < -0.4 is 0 Å². The fraction of sp³-hybridized carbons (Fsp3) is 0.375. The molecule has 0 spiro atoms. The van der Waals surface area contributed by atoms with Gasteiger partial charge < -0.3 is 14.4 Å². The smallest absolute Gasteiger partial charge is 0.337 e. The molecular formula is C16H19NO4. The minimum atomic E-state index is -1.00. The van der Waals surface area contributed by atoms with Crippen LogP contribution in [0, 0.1) is 0 Å². The van der Waals surface area contributed by atoms with Crippen LogP contribution in [0.2, 0.25) is 0 Å². The van der Waals surface area contributed by atoms with E-state index < -0.39 is 11.9 Å². The van der Waals surface area contributed by atoms with Gasteiger partial charge >= 0.3 is 11.9 Å². The van der Waals surface area contributed by atoms with Crippen molar-refractivity contribution in [3.63, 3.8) is 0 Å². The number of aromatic carboxylic acids is 1. The van der Waals surface area contributed by atoms with Crippen LogP contribution in [-0.4, -0.2) is 28.7 Å². The number of nitrogens with zero attached hydrogens (tertiary/aromatic N) is 1. The third kappa shape index (κ3) is 2.91. The largest absolute Gasteiger partial charge is 0.478 e. The highest BCUT2D eigenvalue weighted by Gasteiger charge is 2.21. The van der Waals surface area contributed by atoms with Gasteiger partial charge in [0.1, 0.15) is 6.54 Å². The Morgan fingerprint density at radius 2 is 1.95 bits per heavy atom. The SMILES string of the molecule is COC(=O)Cn1ccc2cc(C(C)(C)C)cc(C(=O)O)c21. The molecule has 0 radical (unpaired) electrons. The lowest BCUT2D eigenvalue weighted by molar-refractivity contribution is -0.141. The van der Waals surface area contributed by atoms with Gasteiger partial charge in [-0.25, -0.2) is 4.79 Å². The number of aromatic nitrogens is 1. The van der Waals surface area contributed by atoms with Gasteiger partial charge in [-0.1, -0.05) is 20.8 Å². The third-order valence-corrected chi connectivity index (χ3v) is 3.48. The Hall–Kier alpha value is -2.30. The lowest BCUT2D eigenvalue weighted by Crippen LogP contribution is -2.15. The topological polar surface area (TPSA) is 68.5 Å². The Bertz CT molecular complexity index is 707. The standard InChI is InChI=1S/C16H19NO4/c1-16(2,3)11-7-10-5-6-17(9-13(18)21-4)14(10)12(8-11)15(19)20/h5-8H,9H2,1-4H3,(H,19,20). The van der Waals surface area contributed by atoms with Gasteiger partial charge in [-0.2, -0.15) is 0 Å². The second-order valence-electron chi connectivity index (χ2n) is 6.04. The average Bonchev–Trinajstić information content (AvgIpc) is 2.79. The zero-order valence-corrected chi connectivity index (χ0v) is 12.6. The first-order valence-corrected chi connectivity index (χ1v) is 6.67. The second-order valence-corrected chi connectivity index (χ2v) is 6.04. The van der Waals surface area contributed by atoms with Crippen LogP contribution in [0.4, 0.5) is 0 Å². The molecule has 0 fully saturated rings. The summed E-state index contributed by atoms with van der Waals surface area (Å²) in [7, 11) is 1.31. The lowest BCUT2D eigenvalue weighted by Gasteiger charge is -2.20. The number of esters is 1. The van der Waals surface area contributed by atoms with Crippen molar-refractivity contribution in [1.29, 1.82) is 0 Å². The monoisotopic (exact) mass is 289 g/mol. The average molecular weight is 289 g/mol. The molecule has 5 heteroatoms. The van der Waals surface area contributed by atoms with Crippen molar-refractivity contribution < 1.29 is 19.4 Å². The Kier molecular flexibility index (Phi) is 3.77. The summed E-state index contributed by atoms with van der Waals surface area (Å²) in [4.78, 5) is 23.0. The number of carboxylic acid groups (broad SMARTS) is 1. The van der Waals surface area contributed by atoms with Crippen molar-refractivity contribution in [2.45, 2.75) is 32.7 Å². The predicted octanol–water partition coefficient (Wildman–Crippen LogP) is 2.81. The van der Waals surface area contributed by atoms with Crippen LogP contribution in [0.25, 0.3) is 10.9 Å². The van der Waals surface area contributed by atoms with Crippen LogP contribution in [0.1, 0.15) is 36.7 Å². The molecule has 0 aliphatic heterocycles. The van der Waals surface area contributed by atoms with Crippen LogP contribution in [0.5, 0.6) is 0 Å². The Balaban J connectivity index is 2.67. The van der Waals surface area contributed by atoms with Crippen LogP contribution in [0.3, 0.4) is 0 Å². The van der Waals surface area contributed by atoms with E-state index >= 15 is 0 Å². The molecule has 21 heavy (non-hydrogen) atoms. The number of carbonyl (C=O) groups excluding carboxylic acids is 1. The van der Waals surface area contributed by atoms with E-state index in [4.69, 9.17) is 0 Å². The molecule has 1 heterocycles. The quantitative estimate of drug-likeness (QED) is 0.882. The zero-order chi connectivity index (χ0) is 15.8. The first-order chi connectivity index (χ1) is 9.74. The fourth-order valence-corrected chi connectivity index (χ4v) is 2.28. The van der Waals surface area contributed by atoms with Crippen molar-refractivity contribution in [3.05, 3.63) is 35.5 Å². The normalized spacial score (nSPS) is 11.6. The van der Waals surface area contributed by atoms with Gasteiger partial charge in [0.2, 0.25) is 0 Å². The number of fused-ring (bicyclic) bond motifs is 1. The van der Waals surface area contributed by atoms with Gasteiger partial charge in [0.15, 0.2) is 0 Å². The van der Waals surface area contributed by atoms with Gasteiger partial charge in [-0.15, -0.1) is 0 Å². The van der Waals surface area contributed by atoms with E-state index in [1.807, 2.05) is 32.9 Å². The Morgan fingerprint density at radius 3 is 2.48 bits per heavy atom. The molecular weight excluding hydrogens is 270 g/mol. The Labute approximate surface area is 123 Å². The molecule has 0 aliphatic rings. The highest BCUT2D eigenvalue weighted by molar-refractivity contribution is 6.03. The molecule has 5 nitrogen and oxygen atoms in total. The number of rotatable bonds is 3. The molecule has 0 amide bonds. The van der Waals surface area contributed by atoms with Gasteiger partial charge in [-0.3, -0.25) is 4.79 Å². The number of hydrogen-bond donors (Lipinski definition) is 1. The summed E-state index contributed by atoms with van der Waals surface area (Å²) in [6, 6.07) is 5.47. The number of hydrogen-bond acceptors (Lipinski definition) is 3. The van der Waals surface area contributed by atoms with Crippen molar-refractivity contribution in [3.8, 4) is 0 Å². The van der Waals surface area contributed by atoms with Crippen molar-refractivity contribution in [1.82, 2.24) is 4.57 Å². The van der Waals surface area contributed by atoms with Gasteiger partial charge in [0.25, 0.3) is 0 Å². The van der Waals surface area contributed by atoms with Crippen molar-refractivity contribution >= 4 is 22.8 Å². The summed E-state index contributed by atoms with van der Waals surface area (Å²) in [6.07, 6.45) is 1.71. The number of carbonyl (C=O) groups is 2. The third-order valence-electron chi connectivity index (χ3n) is 3.48. The maximum Gasteiger partial charge on any atom is 0.337 e. The highest BCUT2D eigenvalue weighted by atomic mass is 16.5. The number of carboxylic acids is 1. The number of benzene rings is 1. The summed E-state index contributed by atoms with van der Waals surface area (Å²) in [5.74, 6) is -1.42. The zero-order valence-electron chi connectivity index (χ0n) is 12.6. The van der Waals surface area contributed by atoms with E-state index in [0.717, 1.165) is 10.9 Å². The molecule has 0 atom stereocenters. The van der Waals surface area contributed by atoms with E-state index in [2.05, 4.69) is 4.74 Å². The van der Waals surface area contributed by atoms with E-state index in [0.29, 0.717) is 5.52 Å². The van der Waals surface area contributed by atoms with Crippen LogP contribution >= 0.6 is 0 Å². The molecule has 1 N–H and O–H groups in total. The summed E-state index contributed by atoms with van der Waals surface area (Å²) < 4.78 is 6.25. The molecule has 2 aromatic rings. The predicted molar refractivity (Wildman–Crippen MR) is 79.6 cm³/mol. The molecule has 1 aromatic heterocycles. The van der Waals surface area contributed by atoms with Crippen molar-refractivity contribution in [2.24, 2.45) is 0 Å². The minimum Gasteiger partial charge on any atom is -0.478 e. The first kappa shape index (κ1) is 15.1. The molecule has 0 saturated carbocycles. The minimum absolute atomic E-state index is 0.00482. The molecule has 0 bridgehead atoms. The van der Waals surface area contributed by atoms with Crippen LogP contribution in [-0.2, 0) is 21.5 Å². The van der Waals surface area contributed by atoms with Crippen LogP contribution in [0.15, 0.2) is 24.4 Å². The second kappa shape index (κ2) is 5.24. The lowest BCUT2D eigenvalue weighted by atomic mass is 9.85. The number of methoxy groups -OCH3 is 1. The molecule has 0 saturated heterocycles. The molecule has 0 aliphatic carbocycles. The summed E-state index contributed by atoms with van der Waals surface area (Å²) >= 11 is 0. The summed E-state index contributed by atoms with van der Waals surface area (Å²) in [5, 5.41) is 10.3. The fourth-order valence-electron chi connectivity index (χ4n) is 2.28. The van der Waals surface area contributed by atoms with E-state index in [9.17, 15) is 14.7 Å². The van der Waals surface area contributed by atoms with Gasteiger partial charge in [-0.05, 0) is 29.2 Å². The van der Waals surface area contributed by atoms with Gasteiger partial charge in [0, 0.05) is 11.6 Å². The summed E-state index contributed by atoms with van der Waals surface area (Å²) in [6.45, 7) is 6.09. The molecule has 0 unspecified atom stereocenters. The molecule has 2 rings (SSSR count). The number of ether oxygens (including phenoxy) is 1. The van der Waals surface area contributed by atoms with Crippen molar-refractivity contribution in [2.75, 3.05) is 7.11 Å². The maximum absolute atomic E-state index is 11.6. The molecule has 112 valence electrons. The highest BCUT2D eigenvalue weighted by Crippen LogP contribution is 2.29. The van der Waals surface area contributed by atoms with E-state index in [1.165, 1.54) is 7.11 Å². The first-order valence-electron chi connectivity index (χ1n) is 6.67. The van der Waals surface area contributed by atoms with E-state index in [1.54, 1.807) is 16.8 Å².